The fraction of sp³-hybridized carbons (Fsp3) is 0.700. The maximum Gasteiger partial charge on any atom is 0.325 e. The largest absolute Gasteiger partial charge is 0.325 e. The third-order valence-corrected chi connectivity index (χ3v) is 7.47. The number of carbonyl (C=O) groups excluding carboxylic acids is 3. The molecule has 2 N–H and O–H groups in total. The smallest absolute Gasteiger partial charge is 0.323 e. The lowest BCUT2D eigenvalue weighted by atomic mass is 9.73. The summed E-state index contributed by atoms with van der Waals surface area (Å²) in [5.41, 5.74) is 0.261. The van der Waals surface area contributed by atoms with E-state index in [-0.39, 0.29) is 24.3 Å². The molecule has 2 fully saturated rings. The molecule has 2 aliphatic carbocycles. The van der Waals surface area contributed by atoms with Gasteiger partial charge < -0.3 is 10.6 Å². The molecule has 2 atom stereocenters. The summed E-state index contributed by atoms with van der Waals surface area (Å²) < 4.78 is 0. The summed E-state index contributed by atoms with van der Waals surface area (Å²) >= 11 is 1.52. The summed E-state index contributed by atoms with van der Waals surface area (Å²) in [7, 11) is 0. The number of fused-ring (bicyclic) bond motifs is 1. The van der Waals surface area contributed by atoms with Crippen molar-refractivity contribution in [2.75, 3.05) is 11.9 Å². The number of urea groups is 1. The first-order valence-electron chi connectivity index (χ1n) is 10.4. The normalized spacial score (nSPS) is 27.9. The van der Waals surface area contributed by atoms with Gasteiger partial charge in [0.05, 0.1) is 5.69 Å². The van der Waals surface area contributed by atoms with E-state index in [1.165, 1.54) is 29.1 Å². The Morgan fingerprint density at radius 1 is 1.21 bits per heavy atom. The molecule has 7 nitrogen and oxygen atoms in total. The average molecular weight is 405 g/mol. The maximum absolute atomic E-state index is 13.0. The van der Waals surface area contributed by atoms with Gasteiger partial charge in [-0.2, -0.15) is 0 Å². The van der Waals surface area contributed by atoms with Crippen LogP contribution < -0.4 is 10.6 Å². The van der Waals surface area contributed by atoms with Gasteiger partial charge in [-0.3, -0.25) is 14.5 Å². The summed E-state index contributed by atoms with van der Waals surface area (Å²) in [6.07, 6.45) is 10.3. The summed E-state index contributed by atoms with van der Waals surface area (Å²) in [5, 5.41) is 6.27. The van der Waals surface area contributed by atoms with Crippen molar-refractivity contribution in [3.05, 3.63) is 10.6 Å². The van der Waals surface area contributed by atoms with Gasteiger partial charge in [-0.15, -0.1) is 11.3 Å². The van der Waals surface area contributed by atoms with Crippen molar-refractivity contribution in [3.63, 3.8) is 0 Å². The molecule has 1 aromatic rings. The highest BCUT2D eigenvalue weighted by molar-refractivity contribution is 7.15. The Balaban J connectivity index is 1.42. The minimum Gasteiger partial charge on any atom is -0.323 e. The van der Waals surface area contributed by atoms with Crippen LogP contribution in [0.4, 0.5) is 9.93 Å². The highest BCUT2D eigenvalue weighted by atomic mass is 32.1. The number of rotatable bonds is 3. The number of hydrogen-bond acceptors (Lipinski definition) is 5. The van der Waals surface area contributed by atoms with Crippen LogP contribution in [0.3, 0.4) is 0 Å². The van der Waals surface area contributed by atoms with E-state index in [1.807, 2.05) is 6.92 Å². The molecule has 1 saturated heterocycles. The van der Waals surface area contributed by atoms with Crippen molar-refractivity contribution < 1.29 is 14.4 Å². The molecular formula is C20H28N4O3S. The molecule has 2 heterocycles. The van der Waals surface area contributed by atoms with Gasteiger partial charge in [0.15, 0.2) is 5.13 Å². The zero-order valence-corrected chi connectivity index (χ0v) is 17.2. The number of nitrogens with zero attached hydrogens (tertiary/aromatic N) is 2. The Morgan fingerprint density at radius 2 is 2.00 bits per heavy atom. The molecule has 1 saturated carbocycles. The molecule has 0 radical (unpaired) electrons. The van der Waals surface area contributed by atoms with Gasteiger partial charge in [-0.05, 0) is 44.4 Å². The van der Waals surface area contributed by atoms with Crippen LogP contribution in [0, 0.1) is 5.92 Å². The van der Waals surface area contributed by atoms with E-state index >= 15 is 0 Å². The monoisotopic (exact) mass is 404 g/mol. The second-order valence-electron chi connectivity index (χ2n) is 8.29. The zero-order chi connectivity index (χ0) is 19.7. The van der Waals surface area contributed by atoms with Gasteiger partial charge in [0.2, 0.25) is 5.91 Å². The van der Waals surface area contributed by atoms with Crippen molar-refractivity contribution >= 4 is 34.3 Å². The van der Waals surface area contributed by atoms with Gasteiger partial charge in [-0.1, -0.05) is 32.6 Å². The highest BCUT2D eigenvalue weighted by Crippen LogP contribution is 2.38. The first kappa shape index (κ1) is 19.4. The molecule has 8 heteroatoms. The van der Waals surface area contributed by atoms with Gasteiger partial charge in [0.25, 0.3) is 5.91 Å². The highest BCUT2D eigenvalue weighted by Gasteiger charge is 2.55. The molecule has 1 spiro atoms. The average Bonchev–Trinajstić information content (AvgIpc) is 3.11. The Morgan fingerprint density at radius 3 is 2.79 bits per heavy atom. The number of nitrogens with one attached hydrogen (secondary N) is 2. The lowest BCUT2D eigenvalue weighted by Gasteiger charge is -2.36. The van der Waals surface area contributed by atoms with Crippen LogP contribution in [-0.2, 0) is 22.4 Å². The fourth-order valence-electron chi connectivity index (χ4n) is 4.70. The number of imide groups is 1. The quantitative estimate of drug-likeness (QED) is 0.757. The standard InChI is InChI=1S/C20H28N4O3S/c1-13-8-6-7-11-20(13)17(26)24(19(27)23-20)12-16(25)22-18-21-14-9-4-2-3-5-10-15(14)28-18/h13H,2-12H2,1H3,(H,23,27)(H,21,22,25)/t13-,20+/m0/s1. The molecule has 4 amide bonds. The predicted molar refractivity (Wildman–Crippen MR) is 107 cm³/mol. The van der Waals surface area contributed by atoms with Gasteiger partial charge >= 0.3 is 6.03 Å². The van der Waals surface area contributed by atoms with Crippen molar-refractivity contribution in [3.8, 4) is 0 Å². The topological polar surface area (TPSA) is 91.4 Å². The number of carbonyl (C=O) groups is 3. The lowest BCUT2D eigenvalue weighted by Crippen LogP contribution is -2.54. The molecule has 0 aromatic carbocycles. The van der Waals surface area contributed by atoms with Gasteiger partial charge in [0.1, 0.15) is 12.1 Å². The summed E-state index contributed by atoms with van der Waals surface area (Å²) in [6.45, 7) is 1.75. The van der Waals surface area contributed by atoms with E-state index in [0.29, 0.717) is 11.6 Å². The third kappa shape index (κ3) is 3.54. The number of aryl methyl sites for hydroxylation is 2. The van der Waals surface area contributed by atoms with Gasteiger partial charge in [0, 0.05) is 4.88 Å². The fourth-order valence-corrected chi connectivity index (χ4v) is 5.77. The van der Waals surface area contributed by atoms with Crippen molar-refractivity contribution in [2.24, 2.45) is 5.92 Å². The SMILES string of the molecule is C[C@H]1CCCC[C@@]12NC(=O)N(CC(=O)Nc1nc3c(s1)CCCCCC3)C2=O. The molecule has 1 aromatic heterocycles. The lowest BCUT2D eigenvalue weighted by molar-refractivity contribution is -0.136. The number of aromatic nitrogens is 1. The predicted octanol–water partition coefficient (Wildman–Crippen LogP) is 3.24. The third-order valence-electron chi connectivity index (χ3n) is 6.40. The number of anilines is 1. The van der Waals surface area contributed by atoms with Crippen molar-refractivity contribution in [1.29, 1.82) is 0 Å². The van der Waals surface area contributed by atoms with Crippen molar-refractivity contribution in [1.82, 2.24) is 15.2 Å². The number of thiazole rings is 1. The summed E-state index contributed by atoms with van der Waals surface area (Å²) in [6, 6.07) is -0.458. The van der Waals surface area contributed by atoms with Crippen LogP contribution in [0.2, 0.25) is 0 Å². The van der Waals surface area contributed by atoms with E-state index in [1.54, 1.807) is 0 Å². The molecule has 0 bridgehead atoms. The maximum atomic E-state index is 13.0. The molecule has 4 rings (SSSR count). The van der Waals surface area contributed by atoms with Gasteiger partial charge in [-0.25, -0.2) is 9.78 Å². The van der Waals surface area contributed by atoms with E-state index < -0.39 is 11.6 Å². The first-order valence-corrected chi connectivity index (χ1v) is 11.2. The first-order chi connectivity index (χ1) is 13.5. The number of hydrogen-bond donors (Lipinski definition) is 2. The van der Waals surface area contributed by atoms with Crippen LogP contribution in [0.5, 0.6) is 0 Å². The Labute approximate surface area is 169 Å². The zero-order valence-electron chi connectivity index (χ0n) is 16.4. The van der Waals surface area contributed by atoms with Crippen LogP contribution >= 0.6 is 11.3 Å². The van der Waals surface area contributed by atoms with Crippen LogP contribution in [0.1, 0.15) is 68.9 Å². The second kappa shape index (κ2) is 7.81. The molecule has 1 aliphatic heterocycles. The summed E-state index contributed by atoms with van der Waals surface area (Å²) in [5.74, 6) is -0.540. The molecule has 28 heavy (non-hydrogen) atoms. The minimum atomic E-state index is -0.827. The van der Waals surface area contributed by atoms with E-state index in [2.05, 4.69) is 15.6 Å². The Kier molecular flexibility index (Phi) is 5.40. The minimum absolute atomic E-state index is 0.0873. The van der Waals surface area contributed by atoms with E-state index in [9.17, 15) is 14.4 Å². The Hall–Kier alpha value is -1.96. The Bertz CT molecular complexity index is 767. The second-order valence-corrected chi connectivity index (χ2v) is 9.37. The molecule has 152 valence electrons. The van der Waals surface area contributed by atoms with Crippen LogP contribution in [-0.4, -0.2) is 39.8 Å². The van der Waals surface area contributed by atoms with E-state index in [0.717, 1.165) is 55.5 Å². The molecule has 0 unspecified atom stereocenters. The molecule has 3 aliphatic rings. The van der Waals surface area contributed by atoms with E-state index in [4.69, 9.17) is 0 Å². The van der Waals surface area contributed by atoms with Crippen molar-refractivity contribution in [2.45, 2.75) is 76.7 Å². The molecular weight excluding hydrogens is 376 g/mol. The summed E-state index contributed by atoms with van der Waals surface area (Å²) in [4.78, 5) is 44.9. The van der Waals surface area contributed by atoms with Crippen LogP contribution in [0.25, 0.3) is 0 Å². The number of amides is 4. The van der Waals surface area contributed by atoms with Crippen LogP contribution in [0.15, 0.2) is 0 Å².